The minimum Gasteiger partial charge on any atom is -0.489 e. The molecule has 8 nitrogen and oxygen atoms in total. The SMILES string of the molecule is C[C@H](N=C1NS(=O)(=O)c2ccccc21)C(=O)Nc1ccccc1COc1ccc(CC#N)cc1. The van der Waals surface area contributed by atoms with Gasteiger partial charge in [0.25, 0.3) is 10.0 Å². The van der Waals surface area contributed by atoms with E-state index in [4.69, 9.17) is 10.00 Å². The summed E-state index contributed by atoms with van der Waals surface area (Å²) in [5, 5.41) is 11.6. The highest BCUT2D eigenvalue weighted by atomic mass is 32.2. The van der Waals surface area contributed by atoms with E-state index in [1.54, 1.807) is 49.4 Å². The van der Waals surface area contributed by atoms with Crippen LogP contribution in [0.25, 0.3) is 0 Å². The molecule has 0 bridgehead atoms. The third-order valence-corrected chi connectivity index (χ3v) is 6.64. The molecule has 3 aromatic carbocycles. The van der Waals surface area contributed by atoms with Crippen molar-refractivity contribution in [3.05, 3.63) is 89.5 Å². The van der Waals surface area contributed by atoms with Crippen LogP contribution in [0.15, 0.2) is 82.7 Å². The molecule has 34 heavy (non-hydrogen) atoms. The number of amidine groups is 1. The molecule has 0 unspecified atom stereocenters. The quantitative estimate of drug-likeness (QED) is 0.544. The fraction of sp³-hybridized carbons (Fsp3) is 0.160. The maximum atomic E-state index is 12.8. The molecule has 0 aromatic heterocycles. The first kappa shape index (κ1) is 23.0. The van der Waals surface area contributed by atoms with Crippen LogP contribution in [0.3, 0.4) is 0 Å². The number of nitrogens with one attached hydrogen (secondary N) is 2. The third kappa shape index (κ3) is 5.08. The van der Waals surface area contributed by atoms with Crippen LogP contribution in [-0.2, 0) is 27.8 Å². The van der Waals surface area contributed by atoms with Crippen LogP contribution in [0, 0.1) is 11.3 Å². The lowest BCUT2D eigenvalue weighted by Gasteiger charge is -2.14. The van der Waals surface area contributed by atoms with Crippen LogP contribution in [-0.4, -0.2) is 26.2 Å². The molecule has 0 aliphatic carbocycles. The Balaban J connectivity index is 1.45. The number of anilines is 1. The molecule has 1 amide bonds. The van der Waals surface area contributed by atoms with Crippen molar-refractivity contribution in [3.8, 4) is 11.8 Å². The first-order valence-corrected chi connectivity index (χ1v) is 12.0. The molecule has 0 radical (unpaired) electrons. The van der Waals surface area contributed by atoms with Gasteiger partial charge in [-0.25, -0.2) is 8.42 Å². The van der Waals surface area contributed by atoms with Gasteiger partial charge in [0, 0.05) is 16.8 Å². The molecule has 9 heteroatoms. The standard InChI is InChI=1S/C25H22N4O4S/c1-17(27-24-21-7-3-5-9-23(21)34(31,32)29-24)25(30)28-22-8-4-2-6-19(22)16-33-20-12-10-18(11-13-20)14-15-26/h2-13,17H,14,16H2,1H3,(H,27,29)(H,28,30)/t17-/m0/s1. The van der Waals surface area contributed by atoms with Crippen molar-refractivity contribution in [3.63, 3.8) is 0 Å². The first-order valence-electron chi connectivity index (χ1n) is 10.5. The topological polar surface area (TPSA) is 121 Å². The number of aliphatic imine (C=N–C) groups is 1. The smallest absolute Gasteiger partial charge is 0.263 e. The minimum absolute atomic E-state index is 0.143. The Morgan fingerprint density at radius 1 is 1.09 bits per heavy atom. The molecule has 1 heterocycles. The Morgan fingerprint density at radius 2 is 1.79 bits per heavy atom. The fourth-order valence-corrected chi connectivity index (χ4v) is 4.68. The van der Waals surface area contributed by atoms with Gasteiger partial charge in [0.1, 0.15) is 24.2 Å². The molecule has 0 fully saturated rings. The summed E-state index contributed by atoms with van der Waals surface area (Å²) >= 11 is 0. The third-order valence-electron chi connectivity index (χ3n) is 5.24. The summed E-state index contributed by atoms with van der Waals surface area (Å²) in [7, 11) is -3.68. The Labute approximate surface area is 198 Å². The predicted molar refractivity (Wildman–Crippen MR) is 128 cm³/mol. The number of carbonyl (C=O) groups excluding carboxylic acids is 1. The van der Waals surface area contributed by atoms with Crippen molar-refractivity contribution >= 4 is 27.5 Å². The highest BCUT2D eigenvalue weighted by Gasteiger charge is 2.31. The summed E-state index contributed by atoms with van der Waals surface area (Å²) in [6, 6.07) is 22.3. The zero-order valence-electron chi connectivity index (χ0n) is 18.4. The minimum atomic E-state index is -3.68. The second kappa shape index (κ2) is 9.77. The number of para-hydroxylation sites is 1. The van der Waals surface area contributed by atoms with E-state index in [2.05, 4.69) is 21.1 Å². The molecule has 0 saturated carbocycles. The monoisotopic (exact) mass is 474 g/mol. The summed E-state index contributed by atoms with van der Waals surface area (Å²) < 4.78 is 32.8. The van der Waals surface area contributed by atoms with Gasteiger partial charge >= 0.3 is 0 Å². The van der Waals surface area contributed by atoms with E-state index in [0.717, 1.165) is 11.1 Å². The molecule has 0 spiro atoms. The van der Waals surface area contributed by atoms with Crippen molar-refractivity contribution in [1.29, 1.82) is 5.26 Å². The summed E-state index contributed by atoms with van der Waals surface area (Å²) in [6.45, 7) is 1.82. The molecule has 2 N–H and O–H groups in total. The number of rotatable bonds is 7. The van der Waals surface area contributed by atoms with Crippen LogP contribution >= 0.6 is 0 Å². The van der Waals surface area contributed by atoms with E-state index >= 15 is 0 Å². The van der Waals surface area contributed by atoms with Crippen LogP contribution in [0.5, 0.6) is 5.75 Å². The summed E-state index contributed by atoms with van der Waals surface area (Å²) in [6.07, 6.45) is 0.338. The highest BCUT2D eigenvalue weighted by molar-refractivity contribution is 7.90. The summed E-state index contributed by atoms with van der Waals surface area (Å²) in [4.78, 5) is 17.3. The Morgan fingerprint density at radius 3 is 2.56 bits per heavy atom. The largest absolute Gasteiger partial charge is 0.489 e. The van der Waals surface area contributed by atoms with Crippen molar-refractivity contribution < 1.29 is 17.9 Å². The number of hydrogen-bond donors (Lipinski definition) is 2. The van der Waals surface area contributed by atoms with Crippen LogP contribution in [0.2, 0.25) is 0 Å². The van der Waals surface area contributed by atoms with E-state index < -0.39 is 16.1 Å². The lowest BCUT2D eigenvalue weighted by atomic mass is 10.1. The van der Waals surface area contributed by atoms with Crippen molar-refractivity contribution in [2.24, 2.45) is 4.99 Å². The van der Waals surface area contributed by atoms with Gasteiger partial charge in [-0.3, -0.25) is 14.5 Å². The highest BCUT2D eigenvalue weighted by Crippen LogP contribution is 2.23. The number of hydrogen-bond acceptors (Lipinski definition) is 6. The second-order valence-electron chi connectivity index (χ2n) is 7.67. The van der Waals surface area contributed by atoms with Crippen molar-refractivity contribution in [2.75, 3.05) is 5.32 Å². The molecule has 4 rings (SSSR count). The molecular formula is C25H22N4O4S. The summed E-state index contributed by atoms with van der Waals surface area (Å²) in [5.74, 6) is 0.411. The van der Waals surface area contributed by atoms with Crippen LogP contribution < -0.4 is 14.8 Å². The van der Waals surface area contributed by atoms with Crippen LogP contribution in [0.4, 0.5) is 5.69 Å². The number of sulfonamides is 1. The summed E-state index contributed by atoms with van der Waals surface area (Å²) in [5.41, 5.74) is 2.69. The van der Waals surface area contributed by atoms with E-state index in [1.165, 1.54) is 6.07 Å². The van der Waals surface area contributed by atoms with Gasteiger partial charge in [0.05, 0.1) is 17.4 Å². The van der Waals surface area contributed by atoms with E-state index in [-0.39, 0.29) is 23.2 Å². The lowest BCUT2D eigenvalue weighted by molar-refractivity contribution is -0.117. The van der Waals surface area contributed by atoms with Gasteiger partial charge in [-0.1, -0.05) is 42.5 Å². The van der Waals surface area contributed by atoms with Gasteiger partial charge in [0.2, 0.25) is 5.91 Å². The Bertz CT molecular complexity index is 1390. The van der Waals surface area contributed by atoms with E-state index in [0.29, 0.717) is 23.4 Å². The number of ether oxygens (including phenoxy) is 1. The van der Waals surface area contributed by atoms with E-state index in [1.807, 2.05) is 24.3 Å². The average Bonchev–Trinajstić information content (AvgIpc) is 3.09. The maximum Gasteiger partial charge on any atom is 0.263 e. The molecule has 1 aliphatic rings. The van der Waals surface area contributed by atoms with Gasteiger partial charge in [-0.2, -0.15) is 5.26 Å². The predicted octanol–water partition coefficient (Wildman–Crippen LogP) is 3.40. The first-order chi connectivity index (χ1) is 16.4. The van der Waals surface area contributed by atoms with Gasteiger partial charge in [-0.15, -0.1) is 0 Å². The van der Waals surface area contributed by atoms with E-state index in [9.17, 15) is 13.2 Å². The van der Waals surface area contributed by atoms with Crippen molar-refractivity contribution in [1.82, 2.24) is 4.72 Å². The number of carbonyl (C=O) groups is 1. The molecule has 0 saturated heterocycles. The number of nitriles is 1. The zero-order valence-corrected chi connectivity index (χ0v) is 19.2. The van der Waals surface area contributed by atoms with Crippen LogP contribution in [0.1, 0.15) is 23.6 Å². The second-order valence-corrected chi connectivity index (χ2v) is 9.32. The fourth-order valence-electron chi connectivity index (χ4n) is 3.44. The normalized spacial score (nSPS) is 15.6. The maximum absolute atomic E-state index is 12.8. The molecule has 3 aromatic rings. The Hall–Kier alpha value is -4.16. The number of benzene rings is 3. The average molecular weight is 475 g/mol. The number of amides is 1. The van der Waals surface area contributed by atoms with Gasteiger partial charge in [-0.05, 0) is 42.8 Å². The van der Waals surface area contributed by atoms with Crippen molar-refractivity contribution in [2.45, 2.75) is 30.9 Å². The molecule has 1 atom stereocenters. The van der Waals surface area contributed by atoms with Gasteiger partial charge in [0.15, 0.2) is 0 Å². The zero-order chi connectivity index (χ0) is 24.1. The number of fused-ring (bicyclic) bond motifs is 1. The number of nitrogens with zero attached hydrogens (tertiary/aromatic N) is 2. The molecule has 1 aliphatic heterocycles. The van der Waals surface area contributed by atoms with Gasteiger partial charge < -0.3 is 10.1 Å². The molecule has 172 valence electrons. The Kier molecular flexibility index (Phi) is 6.61. The molecular weight excluding hydrogens is 452 g/mol. The lowest BCUT2D eigenvalue weighted by Crippen LogP contribution is -2.29.